The van der Waals surface area contributed by atoms with Gasteiger partial charge in [0, 0.05) is 30.0 Å². The average Bonchev–Trinajstić information content (AvgIpc) is 2.01. The van der Waals surface area contributed by atoms with Crippen LogP contribution in [0.5, 0.6) is 0 Å². The summed E-state index contributed by atoms with van der Waals surface area (Å²) in [4.78, 5) is 2.20. The van der Waals surface area contributed by atoms with Crippen LogP contribution in [0, 0.1) is 5.41 Å². The predicted octanol–water partition coefficient (Wildman–Crippen LogP) is 2.20. The molecule has 0 spiro atoms. The molecule has 2 nitrogen and oxygen atoms in total. The second kappa shape index (κ2) is 3.69. The van der Waals surface area contributed by atoms with Crippen LogP contribution in [0.2, 0.25) is 0 Å². The van der Waals surface area contributed by atoms with Crippen molar-refractivity contribution < 1.29 is 0 Å². The molecule has 0 radical (unpaired) electrons. The van der Waals surface area contributed by atoms with Crippen molar-refractivity contribution in [3.8, 4) is 0 Å². The van der Waals surface area contributed by atoms with Gasteiger partial charge in [0.15, 0.2) is 0 Å². The van der Waals surface area contributed by atoms with E-state index in [4.69, 9.17) is 5.41 Å². The number of amidine groups is 1. The van der Waals surface area contributed by atoms with Crippen molar-refractivity contribution in [2.24, 2.45) is 0 Å². The molecular weight excluding hydrogens is 168 g/mol. The standard InChI is InChI=1S/C9H18N2S/c1-4-8(10)11-5-6-12-9(2,3)7-11/h10H,4-7H2,1-3H3. The fraction of sp³-hybridized carbons (Fsp3) is 0.889. The lowest BCUT2D eigenvalue weighted by Gasteiger charge is -2.38. The Labute approximate surface area is 79.2 Å². The number of nitrogens with one attached hydrogen (secondary N) is 1. The molecule has 1 N–H and O–H groups in total. The molecule has 70 valence electrons. The predicted molar refractivity (Wildman–Crippen MR) is 56.1 cm³/mol. The Morgan fingerprint density at radius 1 is 1.58 bits per heavy atom. The van der Waals surface area contributed by atoms with Gasteiger partial charge < -0.3 is 4.90 Å². The van der Waals surface area contributed by atoms with Crippen molar-refractivity contribution >= 4 is 17.6 Å². The Morgan fingerprint density at radius 2 is 2.25 bits per heavy atom. The van der Waals surface area contributed by atoms with Crippen molar-refractivity contribution in [1.82, 2.24) is 4.90 Å². The van der Waals surface area contributed by atoms with Crippen LogP contribution >= 0.6 is 11.8 Å². The van der Waals surface area contributed by atoms with Crippen molar-refractivity contribution in [2.45, 2.75) is 31.9 Å². The van der Waals surface area contributed by atoms with Crippen LogP contribution in [0.15, 0.2) is 0 Å². The van der Waals surface area contributed by atoms with Gasteiger partial charge in [0.25, 0.3) is 0 Å². The third kappa shape index (κ3) is 2.41. The molecule has 1 rings (SSSR count). The maximum absolute atomic E-state index is 7.73. The second-order valence-corrected chi connectivity index (χ2v) is 5.63. The molecule has 0 aromatic rings. The molecule has 1 aliphatic heterocycles. The molecule has 12 heavy (non-hydrogen) atoms. The highest BCUT2D eigenvalue weighted by atomic mass is 32.2. The summed E-state index contributed by atoms with van der Waals surface area (Å²) < 4.78 is 0.333. The van der Waals surface area contributed by atoms with Crippen molar-refractivity contribution in [3.05, 3.63) is 0 Å². The van der Waals surface area contributed by atoms with Crippen LogP contribution < -0.4 is 0 Å². The minimum atomic E-state index is 0.333. The number of hydrogen-bond acceptors (Lipinski definition) is 2. The molecule has 0 saturated carbocycles. The smallest absolute Gasteiger partial charge is 0.0955 e. The Kier molecular flexibility index (Phi) is 3.04. The Morgan fingerprint density at radius 3 is 2.75 bits per heavy atom. The monoisotopic (exact) mass is 186 g/mol. The zero-order valence-electron chi connectivity index (χ0n) is 8.18. The first kappa shape index (κ1) is 9.90. The maximum Gasteiger partial charge on any atom is 0.0955 e. The topological polar surface area (TPSA) is 27.1 Å². The van der Waals surface area contributed by atoms with Gasteiger partial charge in [-0.05, 0) is 13.8 Å². The Balaban J connectivity index is 2.52. The van der Waals surface area contributed by atoms with Crippen LogP contribution in [0.4, 0.5) is 0 Å². The highest BCUT2D eigenvalue weighted by Gasteiger charge is 2.27. The summed E-state index contributed by atoms with van der Waals surface area (Å²) in [5, 5.41) is 7.73. The molecule has 1 saturated heterocycles. The van der Waals surface area contributed by atoms with E-state index in [-0.39, 0.29) is 0 Å². The molecule has 1 heterocycles. The van der Waals surface area contributed by atoms with Gasteiger partial charge in [0.05, 0.1) is 5.84 Å². The van der Waals surface area contributed by atoms with E-state index < -0.39 is 0 Å². The van der Waals surface area contributed by atoms with E-state index in [0.29, 0.717) is 4.75 Å². The third-order valence-electron chi connectivity index (χ3n) is 2.14. The summed E-state index contributed by atoms with van der Waals surface area (Å²) in [5.41, 5.74) is 0. The van der Waals surface area contributed by atoms with E-state index in [9.17, 15) is 0 Å². The molecule has 0 amide bonds. The summed E-state index contributed by atoms with van der Waals surface area (Å²) in [6.45, 7) is 8.65. The largest absolute Gasteiger partial charge is 0.358 e. The van der Waals surface area contributed by atoms with Gasteiger partial charge in [-0.25, -0.2) is 0 Å². The lowest BCUT2D eigenvalue weighted by Crippen LogP contribution is -2.45. The van der Waals surface area contributed by atoms with Gasteiger partial charge in [-0.3, -0.25) is 5.41 Å². The number of nitrogens with zero attached hydrogens (tertiary/aromatic N) is 1. The van der Waals surface area contributed by atoms with E-state index in [1.165, 1.54) is 0 Å². The summed E-state index contributed by atoms with van der Waals surface area (Å²) in [6, 6.07) is 0. The summed E-state index contributed by atoms with van der Waals surface area (Å²) >= 11 is 2.01. The second-order valence-electron chi connectivity index (χ2n) is 3.83. The molecule has 0 unspecified atom stereocenters. The van der Waals surface area contributed by atoms with E-state index in [2.05, 4.69) is 25.7 Å². The number of thioether (sulfide) groups is 1. The first-order valence-electron chi connectivity index (χ1n) is 4.51. The minimum Gasteiger partial charge on any atom is -0.358 e. The van der Waals surface area contributed by atoms with E-state index in [1.807, 2.05) is 11.8 Å². The molecule has 0 aromatic heterocycles. The summed E-state index contributed by atoms with van der Waals surface area (Å²) in [6.07, 6.45) is 0.862. The zero-order chi connectivity index (χ0) is 9.19. The Bertz CT molecular complexity index is 177. The SMILES string of the molecule is CCC(=N)N1CCSC(C)(C)C1. The van der Waals surface area contributed by atoms with Gasteiger partial charge in [-0.1, -0.05) is 6.92 Å². The van der Waals surface area contributed by atoms with Gasteiger partial charge in [0.2, 0.25) is 0 Å². The molecular formula is C9H18N2S. The first-order chi connectivity index (χ1) is 5.55. The van der Waals surface area contributed by atoms with E-state index in [0.717, 1.165) is 31.1 Å². The molecule has 3 heteroatoms. The van der Waals surface area contributed by atoms with Crippen molar-refractivity contribution in [1.29, 1.82) is 5.41 Å². The third-order valence-corrected chi connectivity index (χ3v) is 3.44. The van der Waals surface area contributed by atoms with Crippen LogP contribution in [-0.4, -0.2) is 34.3 Å². The average molecular weight is 186 g/mol. The van der Waals surface area contributed by atoms with Crippen LogP contribution in [-0.2, 0) is 0 Å². The quantitative estimate of drug-likeness (QED) is 0.502. The van der Waals surface area contributed by atoms with Crippen LogP contribution in [0.1, 0.15) is 27.2 Å². The minimum absolute atomic E-state index is 0.333. The molecule has 0 atom stereocenters. The van der Waals surface area contributed by atoms with Crippen molar-refractivity contribution in [3.63, 3.8) is 0 Å². The molecule has 0 bridgehead atoms. The first-order valence-corrected chi connectivity index (χ1v) is 5.50. The highest BCUT2D eigenvalue weighted by molar-refractivity contribution is 8.00. The van der Waals surface area contributed by atoms with Gasteiger partial charge in [-0.15, -0.1) is 0 Å². The maximum atomic E-state index is 7.73. The number of rotatable bonds is 1. The molecule has 0 aromatic carbocycles. The summed E-state index contributed by atoms with van der Waals surface area (Å²) in [5.74, 6) is 1.96. The lowest BCUT2D eigenvalue weighted by atomic mass is 10.2. The highest BCUT2D eigenvalue weighted by Crippen LogP contribution is 2.29. The normalized spacial score (nSPS) is 22.4. The van der Waals surface area contributed by atoms with E-state index in [1.54, 1.807) is 0 Å². The van der Waals surface area contributed by atoms with Crippen LogP contribution in [0.3, 0.4) is 0 Å². The molecule has 0 aliphatic carbocycles. The van der Waals surface area contributed by atoms with Crippen molar-refractivity contribution in [2.75, 3.05) is 18.8 Å². The fourth-order valence-corrected chi connectivity index (χ4v) is 2.58. The van der Waals surface area contributed by atoms with Gasteiger partial charge in [-0.2, -0.15) is 11.8 Å². The lowest BCUT2D eigenvalue weighted by molar-refractivity contribution is 0.381. The number of hydrogen-bond donors (Lipinski definition) is 1. The molecule has 1 aliphatic rings. The van der Waals surface area contributed by atoms with E-state index >= 15 is 0 Å². The van der Waals surface area contributed by atoms with Gasteiger partial charge >= 0.3 is 0 Å². The molecule has 1 fully saturated rings. The zero-order valence-corrected chi connectivity index (χ0v) is 9.00. The van der Waals surface area contributed by atoms with Crippen LogP contribution in [0.25, 0.3) is 0 Å². The summed E-state index contributed by atoms with van der Waals surface area (Å²) in [7, 11) is 0. The fourth-order valence-electron chi connectivity index (χ4n) is 1.47. The van der Waals surface area contributed by atoms with Gasteiger partial charge in [0.1, 0.15) is 0 Å². The Hall–Kier alpha value is -0.180.